The lowest BCUT2D eigenvalue weighted by molar-refractivity contribution is -0.0887. The summed E-state index contributed by atoms with van der Waals surface area (Å²) in [4.78, 5) is 10.8. The summed E-state index contributed by atoms with van der Waals surface area (Å²) < 4.78 is 49.1. The third-order valence-electron chi connectivity index (χ3n) is 1.61. The zero-order valence-corrected chi connectivity index (χ0v) is 7.79. The number of benzene rings is 1. The van der Waals surface area contributed by atoms with Crippen LogP contribution in [-0.4, -0.2) is 12.0 Å². The van der Waals surface area contributed by atoms with Crippen LogP contribution in [-0.2, 0) is 0 Å². The van der Waals surface area contributed by atoms with Gasteiger partial charge in [-0.05, 0) is 12.1 Å². The number of alkyl halides is 3. The second kappa shape index (κ2) is 3.69. The third-order valence-corrected chi connectivity index (χ3v) is 1.90. The van der Waals surface area contributed by atoms with Gasteiger partial charge in [0.15, 0.2) is 5.82 Å². The van der Waals surface area contributed by atoms with E-state index < -0.39 is 34.1 Å². The van der Waals surface area contributed by atoms with Crippen molar-refractivity contribution in [3.05, 3.63) is 28.5 Å². The zero-order valence-electron chi connectivity index (χ0n) is 7.03. The van der Waals surface area contributed by atoms with Crippen molar-refractivity contribution < 1.29 is 22.4 Å². The quantitative estimate of drug-likeness (QED) is 0.467. The minimum atomic E-state index is -5.18. The molecule has 2 nitrogen and oxygen atoms in total. The molecule has 15 heavy (non-hydrogen) atoms. The van der Waals surface area contributed by atoms with E-state index in [1.54, 1.807) is 0 Å². The molecule has 82 valence electrons. The van der Waals surface area contributed by atoms with E-state index in [0.29, 0.717) is 0 Å². The van der Waals surface area contributed by atoms with E-state index in [-0.39, 0.29) is 0 Å². The van der Waals surface area contributed by atoms with Crippen molar-refractivity contribution in [1.82, 2.24) is 0 Å². The molecular formula is C8H4ClF4NO. The van der Waals surface area contributed by atoms with Crippen LogP contribution < -0.4 is 5.73 Å². The highest BCUT2D eigenvalue weighted by molar-refractivity contribution is 6.31. The van der Waals surface area contributed by atoms with Crippen LogP contribution in [0.4, 0.5) is 23.2 Å². The van der Waals surface area contributed by atoms with E-state index in [1.165, 1.54) is 0 Å². The Morgan fingerprint density at radius 1 is 1.33 bits per heavy atom. The lowest BCUT2D eigenvalue weighted by atomic mass is 10.1. The van der Waals surface area contributed by atoms with Gasteiger partial charge in [-0.2, -0.15) is 13.2 Å². The molecule has 0 aliphatic rings. The summed E-state index contributed by atoms with van der Waals surface area (Å²) in [6.45, 7) is 0. The van der Waals surface area contributed by atoms with E-state index in [4.69, 9.17) is 17.3 Å². The summed E-state index contributed by atoms with van der Waals surface area (Å²) in [6.07, 6.45) is -5.18. The first kappa shape index (κ1) is 11.8. The first-order chi connectivity index (χ1) is 6.75. The van der Waals surface area contributed by atoms with Gasteiger partial charge >= 0.3 is 6.18 Å². The van der Waals surface area contributed by atoms with Crippen LogP contribution in [0.5, 0.6) is 0 Å². The average Bonchev–Trinajstić information content (AvgIpc) is 2.10. The number of hydrogen-bond donors (Lipinski definition) is 1. The molecule has 0 amide bonds. The van der Waals surface area contributed by atoms with Crippen molar-refractivity contribution in [2.75, 3.05) is 5.73 Å². The molecule has 0 aliphatic carbocycles. The lowest BCUT2D eigenvalue weighted by Crippen LogP contribution is -2.25. The van der Waals surface area contributed by atoms with E-state index in [0.717, 1.165) is 12.1 Å². The fourth-order valence-electron chi connectivity index (χ4n) is 0.938. The van der Waals surface area contributed by atoms with E-state index >= 15 is 0 Å². The number of nitrogen functional groups attached to an aromatic ring is 1. The van der Waals surface area contributed by atoms with Gasteiger partial charge in [-0.3, -0.25) is 4.79 Å². The third kappa shape index (κ3) is 2.20. The van der Waals surface area contributed by atoms with Crippen LogP contribution in [0, 0.1) is 5.82 Å². The molecule has 0 spiro atoms. The second-order valence-corrected chi connectivity index (χ2v) is 3.06. The number of ketones is 1. The zero-order chi connectivity index (χ0) is 11.8. The molecule has 0 atom stereocenters. The van der Waals surface area contributed by atoms with Crippen molar-refractivity contribution in [3.63, 3.8) is 0 Å². The molecule has 0 aliphatic heterocycles. The Bertz CT molecular complexity index is 416. The Kier molecular flexibility index (Phi) is 2.90. The molecule has 7 heteroatoms. The largest absolute Gasteiger partial charge is 0.455 e. The Balaban J connectivity index is 3.38. The minimum absolute atomic E-state index is 0.586. The molecule has 0 saturated carbocycles. The lowest BCUT2D eigenvalue weighted by Gasteiger charge is -2.09. The van der Waals surface area contributed by atoms with Gasteiger partial charge in [0.1, 0.15) is 0 Å². The number of rotatable bonds is 1. The van der Waals surface area contributed by atoms with Gasteiger partial charge in [-0.15, -0.1) is 0 Å². The summed E-state index contributed by atoms with van der Waals surface area (Å²) in [5, 5.41) is -0.586. The molecule has 0 aromatic heterocycles. The van der Waals surface area contributed by atoms with Crippen LogP contribution in [0.3, 0.4) is 0 Å². The Morgan fingerprint density at radius 3 is 2.33 bits per heavy atom. The van der Waals surface area contributed by atoms with Gasteiger partial charge in [0.2, 0.25) is 0 Å². The predicted molar refractivity (Wildman–Crippen MR) is 46.2 cm³/mol. The fraction of sp³-hybridized carbons (Fsp3) is 0.125. The number of nitrogens with two attached hydrogens (primary N) is 1. The van der Waals surface area contributed by atoms with Gasteiger partial charge in [-0.1, -0.05) is 11.6 Å². The molecular weight excluding hydrogens is 238 g/mol. The van der Waals surface area contributed by atoms with Crippen molar-refractivity contribution in [3.8, 4) is 0 Å². The maximum absolute atomic E-state index is 13.1. The van der Waals surface area contributed by atoms with Gasteiger partial charge in [0, 0.05) is 5.69 Å². The molecule has 1 rings (SSSR count). The molecule has 0 heterocycles. The number of hydrogen-bond acceptors (Lipinski definition) is 2. The molecule has 0 saturated heterocycles. The summed E-state index contributed by atoms with van der Waals surface area (Å²) in [5.74, 6) is -3.81. The number of carbonyl (C=O) groups excluding carboxylic acids is 1. The van der Waals surface area contributed by atoms with Crippen molar-refractivity contribution in [2.45, 2.75) is 6.18 Å². The highest BCUT2D eigenvalue weighted by Crippen LogP contribution is 2.30. The van der Waals surface area contributed by atoms with Gasteiger partial charge < -0.3 is 5.73 Å². The van der Waals surface area contributed by atoms with Crippen molar-refractivity contribution in [1.29, 1.82) is 0 Å². The van der Waals surface area contributed by atoms with Crippen LogP contribution in [0.15, 0.2) is 12.1 Å². The highest BCUT2D eigenvalue weighted by atomic mass is 35.5. The molecule has 2 N–H and O–H groups in total. The number of Topliss-reactive ketones (excluding diaryl/α,β-unsaturated/α-hetero) is 1. The van der Waals surface area contributed by atoms with Crippen molar-refractivity contribution >= 4 is 23.1 Å². The van der Waals surface area contributed by atoms with Crippen LogP contribution >= 0.6 is 11.6 Å². The van der Waals surface area contributed by atoms with E-state index in [1.807, 2.05) is 0 Å². The van der Waals surface area contributed by atoms with Crippen LogP contribution in [0.25, 0.3) is 0 Å². The molecule has 1 aromatic carbocycles. The van der Waals surface area contributed by atoms with E-state index in [2.05, 4.69) is 0 Å². The van der Waals surface area contributed by atoms with Gasteiger partial charge in [-0.25, -0.2) is 4.39 Å². The summed E-state index contributed by atoms with van der Waals surface area (Å²) >= 11 is 5.23. The summed E-state index contributed by atoms with van der Waals surface area (Å²) in [5.41, 5.74) is 3.23. The molecule has 0 bridgehead atoms. The smallest absolute Gasteiger partial charge is 0.398 e. The van der Waals surface area contributed by atoms with Gasteiger partial charge in [0.05, 0.1) is 10.6 Å². The normalized spacial score (nSPS) is 11.5. The Hall–Kier alpha value is -1.30. The molecule has 0 radical (unpaired) electrons. The average molecular weight is 242 g/mol. The number of carbonyl (C=O) groups is 1. The second-order valence-electron chi connectivity index (χ2n) is 2.65. The maximum atomic E-state index is 13.1. The summed E-state index contributed by atoms with van der Waals surface area (Å²) in [7, 11) is 0. The van der Waals surface area contributed by atoms with Gasteiger partial charge in [0.25, 0.3) is 5.78 Å². The molecule has 1 aromatic rings. The Labute approximate surface area is 86.6 Å². The monoisotopic (exact) mass is 241 g/mol. The highest BCUT2D eigenvalue weighted by Gasteiger charge is 2.42. The molecule has 0 unspecified atom stereocenters. The Morgan fingerprint density at radius 2 is 1.87 bits per heavy atom. The van der Waals surface area contributed by atoms with Crippen LogP contribution in [0.1, 0.15) is 10.4 Å². The first-order valence-corrected chi connectivity index (χ1v) is 3.98. The summed E-state index contributed by atoms with van der Waals surface area (Å²) in [6, 6.07) is 1.91. The number of halogens is 5. The SMILES string of the molecule is Nc1ccc(Cl)c(F)c1C(=O)C(F)(F)F. The standard InChI is InChI=1S/C8H4ClF4NO/c9-3-1-2-4(14)5(6(3)10)7(15)8(11,12)13/h1-2H,14H2. The maximum Gasteiger partial charge on any atom is 0.455 e. The predicted octanol–water partition coefficient (Wildman–Crippen LogP) is 2.81. The minimum Gasteiger partial charge on any atom is -0.398 e. The fourth-order valence-corrected chi connectivity index (χ4v) is 1.10. The number of anilines is 1. The van der Waals surface area contributed by atoms with Crippen molar-refractivity contribution in [2.24, 2.45) is 0 Å². The van der Waals surface area contributed by atoms with E-state index in [9.17, 15) is 22.4 Å². The first-order valence-electron chi connectivity index (χ1n) is 3.60. The molecule has 0 fully saturated rings. The van der Waals surface area contributed by atoms with Crippen LogP contribution in [0.2, 0.25) is 5.02 Å². The topological polar surface area (TPSA) is 43.1 Å².